The number of benzene rings is 1. The number of aromatic nitrogens is 3. The van der Waals surface area contributed by atoms with Crippen LogP contribution in [0.15, 0.2) is 24.3 Å². The van der Waals surface area contributed by atoms with Gasteiger partial charge in [0.05, 0.1) is 7.11 Å². The van der Waals surface area contributed by atoms with Gasteiger partial charge < -0.3 is 4.74 Å². The molecule has 1 unspecified atom stereocenters. The molecule has 0 saturated heterocycles. The summed E-state index contributed by atoms with van der Waals surface area (Å²) in [4.78, 5) is 16.2. The van der Waals surface area contributed by atoms with E-state index in [1.165, 1.54) is 18.2 Å². The maximum Gasteiger partial charge on any atom is 0.336 e. The van der Waals surface area contributed by atoms with Crippen molar-refractivity contribution in [3.63, 3.8) is 0 Å². The van der Waals surface area contributed by atoms with E-state index in [4.69, 9.17) is 4.74 Å². The number of rotatable bonds is 3. The second-order valence-corrected chi connectivity index (χ2v) is 4.87. The van der Waals surface area contributed by atoms with E-state index in [-0.39, 0.29) is 17.8 Å². The van der Waals surface area contributed by atoms with Crippen LogP contribution in [-0.2, 0) is 17.6 Å². The van der Waals surface area contributed by atoms with Crippen LogP contribution in [0.5, 0.6) is 6.01 Å². The lowest BCUT2D eigenvalue weighted by Gasteiger charge is -2.23. The summed E-state index contributed by atoms with van der Waals surface area (Å²) in [7, 11) is 1.48. The zero-order valence-electron chi connectivity index (χ0n) is 11.2. The first-order valence-electron chi connectivity index (χ1n) is 6.60. The molecule has 20 heavy (non-hydrogen) atoms. The van der Waals surface area contributed by atoms with E-state index < -0.39 is 0 Å². The molecule has 104 valence electrons. The van der Waals surface area contributed by atoms with Gasteiger partial charge in [0.25, 0.3) is 0 Å². The van der Waals surface area contributed by atoms with Crippen molar-refractivity contribution in [3.05, 3.63) is 35.4 Å². The second kappa shape index (κ2) is 5.32. The molecule has 6 heteroatoms. The number of carbonyl (C=O) groups excluding carboxylic acids is 1. The molecule has 3 rings (SSSR count). The Labute approximate surface area is 116 Å². The number of aryl methyl sites for hydroxylation is 1. The molecule has 0 aliphatic heterocycles. The SMILES string of the molecule is COc1n[nH]c(NC(=O)C2CCc3ccccc3C2)n1. The fourth-order valence-corrected chi connectivity index (χ4v) is 2.53. The molecule has 0 bridgehead atoms. The van der Waals surface area contributed by atoms with Crippen molar-refractivity contribution in [3.8, 4) is 6.01 Å². The topological polar surface area (TPSA) is 79.9 Å². The van der Waals surface area contributed by atoms with Gasteiger partial charge in [-0.25, -0.2) is 5.10 Å². The highest BCUT2D eigenvalue weighted by atomic mass is 16.5. The van der Waals surface area contributed by atoms with Crippen LogP contribution in [0.25, 0.3) is 0 Å². The van der Waals surface area contributed by atoms with Gasteiger partial charge in [-0.05, 0) is 30.4 Å². The first-order valence-corrected chi connectivity index (χ1v) is 6.60. The Bertz CT molecular complexity index is 623. The molecule has 1 amide bonds. The van der Waals surface area contributed by atoms with Crippen molar-refractivity contribution in [1.82, 2.24) is 15.2 Å². The fraction of sp³-hybridized carbons (Fsp3) is 0.357. The first-order chi connectivity index (χ1) is 9.76. The number of H-pyrrole nitrogens is 1. The summed E-state index contributed by atoms with van der Waals surface area (Å²) in [6.07, 6.45) is 2.56. The number of ether oxygens (including phenoxy) is 1. The lowest BCUT2D eigenvalue weighted by molar-refractivity contribution is -0.120. The number of nitrogens with one attached hydrogen (secondary N) is 2. The van der Waals surface area contributed by atoms with E-state index >= 15 is 0 Å². The number of amides is 1. The molecular formula is C14H16N4O2. The second-order valence-electron chi connectivity index (χ2n) is 4.87. The lowest BCUT2D eigenvalue weighted by Crippen LogP contribution is -2.28. The number of carbonyl (C=O) groups is 1. The van der Waals surface area contributed by atoms with Gasteiger partial charge >= 0.3 is 6.01 Å². The number of fused-ring (bicyclic) bond motifs is 1. The Balaban J connectivity index is 1.67. The molecule has 2 aromatic rings. The number of aromatic amines is 1. The van der Waals surface area contributed by atoms with E-state index in [0.717, 1.165) is 19.3 Å². The molecule has 1 aromatic heterocycles. The predicted molar refractivity (Wildman–Crippen MR) is 73.5 cm³/mol. The number of hydrogen-bond acceptors (Lipinski definition) is 4. The van der Waals surface area contributed by atoms with Gasteiger partial charge in [-0.1, -0.05) is 24.3 Å². The van der Waals surface area contributed by atoms with E-state index in [1.807, 2.05) is 12.1 Å². The van der Waals surface area contributed by atoms with Crippen LogP contribution in [0.3, 0.4) is 0 Å². The van der Waals surface area contributed by atoms with Crippen molar-refractivity contribution >= 4 is 11.9 Å². The highest BCUT2D eigenvalue weighted by Gasteiger charge is 2.25. The number of nitrogens with zero attached hydrogens (tertiary/aromatic N) is 2. The molecule has 0 spiro atoms. The number of anilines is 1. The van der Waals surface area contributed by atoms with Crippen molar-refractivity contribution in [2.45, 2.75) is 19.3 Å². The van der Waals surface area contributed by atoms with Gasteiger partial charge in [-0.3, -0.25) is 10.1 Å². The van der Waals surface area contributed by atoms with Gasteiger partial charge in [0.1, 0.15) is 0 Å². The number of hydrogen-bond donors (Lipinski definition) is 2. The Hall–Kier alpha value is -2.37. The van der Waals surface area contributed by atoms with Crippen molar-refractivity contribution in [2.75, 3.05) is 12.4 Å². The van der Waals surface area contributed by atoms with Crippen molar-refractivity contribution < 1.29 is 9.53 Å². The maximum absolute atomic E-state index is 12.2. The molecule has 2 N–H and O–H groups in total. The molecule has 0 fully saturated rings. The van der Waals surface area contributed by atoms with Gasteiger partial charge in [-0.15, -0.1) is 5.10 Å². The smallest absolute Gasteiger partial charge is 0.336 e. The van der Waals surface area contributed by atoms with E-state index in [0.29, 0.717) is 5.95 Å². The Morgan fingerprint density at radius 3 is 2.95 bits per heavy atom. The van der Waals surface area contributed by atoms with Crippen LogP contribution in [0.2, 0.25) is 0 Å². The standard InChI is InChI=1S/C14H16N4O2/c1-20-14-16-13(17-18-14)15-12(19)11-7-6-9-4-2-3-5-10(9)8-11/h2-5,11H,6-8H2,1H3,(H2,15,16,17,18,19). The van der Waals surface area contributed by atoms with E-state index in [9.17, 15) is 4.79 Å². The van der Waals surface area contributed by atoms with E-state index in [1.54, 1.807) is 0 Å². The zero-order valence-corrected chi connectivity index (χ0v) is 11.2. The normalized spacial score (nSPS) is 17.4. The highest BCUT2D eigenvalue weighted by Crippen LogP contribution is 2.26. The van der Waals surface area contributed by atoms with Gasteiger partial charge in [0.15, 0.2) is 0 Å². The zero-order chi connectivity index (χ0) is 13.9. The first kappa shape index (κ1) is 12.7. The monoisotopic (exact) mass is 272 g/mol. The molecule has 1 aromatic carbocycles. The van der Waals surface area contributed by atoms with Crippen LogP contribution in [0.4, 0.5) is 5.95 Å². The molecule has 1 atom stereocenters. The molecule has 1 aliphatic carbocycles. The minimum Gasteiger partial charge on any atom is -0.466 e. The lowest BCUT2D eigenvalue weighted by atomic mass is 9.83. The van der Waals surface area contributed by atoms with Crippen LogP contribution >= 0.6 is 0 Å². The summed E-state index contributed by atoms with van der Waals surface area (Å²) >= 11 is 0. The average Bonchev–Trinajstić information content (AvgIpc) is 2.94. The van der Waals surface area contributed by atoms with Crippen LogP contribution in [0.1, 0.15) is 17.5 Å². The summed E-state index contributed by atoms with van der Waals surface area (Å²) in [6.45, 7) is 0. The predicted octanol–water partition coefficient (Wildman–Crippen LogP) is 1.56. The summed E-state index contributed by atoms with van der Waals surface area (Å²) < 4.78 is 4.86. The molecule has 6 nitrogen and oxygen atoms in total. The molecular weight excluding hydrogens is 256 g/mol. The highest BCUT2D eigenvalue weighted by molar-refractivity contribution is 5.91. The molecule has 0 radical (unpaired) electrons. The molecule has 0 saturated carbocycles. The third kappa shape index (κ3) is 2.49. The Kier molecular flexibility index (Phi) is 3.37. The third-order valence-corrected chi connectivity index (χ3v) is 3.61. The maximum atomic E-state index is 12.2. The van der Waals surface area contributed by atoms with Crippen LogP contribution < -0.4 is 10.1 Å². The summed E-state index contributed by atoms with van der Waals surface area (Å²) in [5.74, 6) is 0.269. The Morgan fingerprint density at radius 2 is 2.20 bits per heavy atom. The van der Waals surface area contributed by atoms with Crippen LogP contribution in [-0.4, -0.2) is 28.2 Å². The molecule has 1 heterocycles. The van der Waals surface area contributed by atoms with Gasteiger partial charge in [0, 0.05) is 5.92 Å². The van der Waals surface area contributed by atoms with Crippen molar-refractivity contribution in [2.24, 2.45) is 5.92 Å². The van der Waals surface area contributed by atoms with Crippen molar-refractivity contribution in [1.29, 1.82) is 0 Å². The largest absolute Gasteiger partial charge is 0.466 e. The average molecular weight is 272 g/mol. The fourth-order valence-electron chi connectivity index (χ4n) is 2.53. The Morgan fingerprint density at radius 1 is 1.40 bits per heavy atom. The number of methoxy groups -OCH3 is 1. The minimum absolute atomic E-state index is 0.0269. The third-order valence-electron chi connectivity index (χ3n) is 3.61. The van der Waals surface area contributed by atoms with Crippen LogP contribution in [0, 0.1) is 5.92 Å². The summed E-state index contributed by atoms with van der Waals surface area (Å²) in [5.41, 5.74) is 2.60. The summed E-state index contributed by atoms with van der Waals surface area (Å²) in [5, 5.41) is 9.17. The summed E-state index contributed by atoms with van der Waals surface area (Å²) in [6, 6.07) is 8.49. The van der Waals surface area contributed by atoms with Gasteiger partial charge in [-0.2, -0.15) is 4.98 Å². The quantitative estimate of drug-likeness (QED) is 0.888. The minimum atomic E-state index is -0.0293. The van der Waals surface area contributed by atoms with E-state index in [2.05, 4.69) is 32.6 Å². The molecule has 1 aliphatic rings. The van der Waals surface area contributed by atoms with Gasteiger partial charge in [0.2, 0.25) is 11.9 Å².